The Balaban J connectivity index is 0.000000370. The van der Waals surface area contributed by atoms with Crippen molar-refractivity contribution in [2.24, 2.45) is 0 Å². The summed E-state index contributed by atoms with van der Waals surface area (Å²) in [5.41, 5.74) is 14.8. The Hall–Kier alpha value is -8.45. The molecule has 2 atom stereocenters. The third-order valence-electron chi connectivity index (χ3n) is 11.3. The second-order valence-electron chi connectivity index (χ2n) is 17.0. The molecule has 0 aliphatic carbocycles. The molecule has 0 saturated carbocycles. The molecule has 8 aromatic carbocycles. The summed E-state index contributed by atoms with van der Waals surface area (Å²) in [5, 5.41) is 40.2. The van der Waals surface area contributed by atoms with Gasteiger partial charge in [-0.3, -0.25) is 10.0 Å². The Morgan fingerprint density at radius 3 is 1.07 bits per heavy atom. The van der Waals surface area contributed by atoms with Gasteiger partial charge in [-0.25, -0.2) is 19.2 Å². The fraction of sp³-hybridized carbons (Fsp3) is 0.125. The number of rotatable bonds is 15. The van der Waals surface area contributed by atoms with Crippen molar-refractivity contribution in [2.45, 2.75) is 31.5 Å². The number of amides is 2. The van der Waals surface area contributed by atoms with Crippen molar-refractivity contribution in [3.63, 3.8) is 0 Å². The van der Waals surface area contributed by atoms with Crippen LogP contribution in [0, 0.1) is 18.5 Å². The molecule has 85 heavy (non-hydrogen) atoms. The molecule has 1 saturated heterocycles. The van der Waals surface area contributed by atoms with Gasteiger partial charge in [0.05, 0.1) is 0 Å². The number of nitrogens with zero attached hydrogens (tertiary/aromatic N) is 5. The molecular weight excluding hydrogens is 1480 g/mol. The zero-order chi connectivity index (χ0) is 59.1. The van der Waals surface area contributed by atoms with E-state index in [1.807, 2.05) is 0 Å². The largest absolute Gasteiger partial charge is 1.00 e. The van der Waals surface area contributed by atoms with Gasteiger partial charge in [-0.2, -0.15) is 0 Å². The Morgan fingerprint density at radius 1 is 0.553 bits per heavy atom. The zero-order valence-corrected chi connectivity index (χ0v) is 51.7. The van der Waals surface area contributed by atoms with Crippen LogP contribution in [-0.4, -0.2) is 69.6 Å². The van der Waals surface area contributed by atoms with Crippen LogP contribution in [0.2, 0.25) is 0 Å². The molecule has 1 aliphatic heterocycles. The third kappa shape index (κ3) is 26.3. The number of benzene rings is 8. The van der Waals surface area contributed by atoms with Gasteiger partial charge in [-0.1, -0.05) is 254 Å². The summed E-state index contributed by atoms with van der Waals surface area (Å²) in [6.07, 6.45) is 8.21. The van der Waals surface area contributed by atoms with Gasteiger partial charge in [0.15, 0.2) is 18.7 Å². The quantitative estimate of drug-likeness (QED) is 0.0123. The molecule has 5 N–H and O–H groups in total. The summed E-state index contributed by atoms with van der Waals surface area (Å²) < 4.78 is 14.3. The van der Waals surface area contributed by atoms with Gasteiger partial charge in [-0.05, 0) is 71.6 Å². The summed E-state index contributed by atoms with van der Waals surface area (Å²) in [4.78, 5) is 46.4. The maximum atomic E-state index is 11.6. The zero-order valence-electron chi connectivity index (χ0n) is 45.6. The van der Waals surface area contributed by atoms with Crippen LogP contribution in [0.1, 0.15) is 43.2 Å². The first-order valence-electron chi connectivity index (χ1n) is 25.7. The summed E-state index contributed by atoms with van der Waals surface area (Å²) in [5.74, 6) is -0.240. The average Bonchev–Trinajstić information content (AvgIpc) is 4.44. The number of H-pyrrole nitrogens is 1. The van der Waals surface area contributed by atoms with Crippen LogP contribution in [0.25, 0.3) is 16.0 Å². The normalized spacial score (nSPS) is 11.2. The number of carbonyl (C=O) groups is 4. The van der Waals surface area contributed by atoms with Crippen LogP contribution in [0.5, 0.6) is 0 Å². The predicted molar refractivity (Wildman–Crippen MR) is 328 cm³/mol. The van der Waals surface area contributed by atoms with Gasteiger partial charge in [0.25, 0.3) is 0 Å². The summed E-state index contributed by atoms with van der Waals surface area (Å²) >= 11 is 0. The molecule has 1 aromatic heterocycles. The molecule has 2 amide bonds. The van der Waals surface area contributed by atoms with Gasteiger partial charge < -0.3 is 57.4 Å². The van der Waals surface area contributed by atoms with E-state index in [2.05, 4.69) is 225 Å². The maximum Gasteiger partial charge on any atom is 1.00 e. The molecule has 10 rings (SSSR count). The molecule has 0 radical (unpaired) electrons. The SMILES string of the molecule is C#CCOC(=O)N[C@@H](C(=O)O)c1ccccc1.C1CCOC1.O=C(N[C@@H](C(=O)O)c1ccccc1)OCc1[c-]nn[nH]1.[2HH].[Au+].[Au+].[N-]=[N+]=[N-].c1ccc(P(c2ccccc2)c2ccccc2)cc1.c1ccc(P(c2ccccc2)c2ccccc2)cc1. The van der Waals surface area contributed by atoms with Crippen LogP contribution in [0.4, 0.5) is 9.59 Å². The average molecular weight is 1540 g/mol. The Kier molecular flexibility index (Phi) is 35.3. The smallest absolute Gasteiger partial charge is 0.479 e. The van der Waals surface area contributed by atoms with E-state index in [0.717, 1.165) is 13.2 Å². The van der Waals surface area contributed by atoms with Crippen molar-refractivity contribution in [3.8, 4) is 12.3 Å². The first kappa shape index (κ1) is 70.8. The Bertz CT molecular complexity index is 3020. The van der Waals surface area contributed by atoms with Crippen LogP contribution in [0.15, 0.2) is 243 Å². The molecule has 0 spiro atoms. The van der Waals surface area contributed by atoms with E-state index in [1.165, 1.54) is 49.6 Å². The Labute approximate surface area is 529 Å². The number of nitrogens with one attached hydrogen (secondary N) is 3. The van der Waals surface area contributed by atoms with Crippen LogP contribution in [-0.2, 0) is 75.2 Å². The van der Waals surface area contributed by atoms with Crippen LogP contribution >= 0.6 is 15.8 Å². The fourth-order valence-electron chi connectivity index (χ4n) is 7.56. The van der Waals surface area contributed by atoms with Crippen molar-refractivity contribution < 1.29 is 89.8 Å². The van der Waals surface area contributed by atoms with Crippen molar-refractivity contribution in [3.05, 3.63) is 282 Å². The molecule has 17 nitrogen and oxygen atoms in total. The summed E-state index contributed by atoms with van der Waals surface area (Å²) in [7, 11) is -0.892. The standard InChI is InChI=1S/2C18H15P.C12H11N4O4.C12H11NO4.C4H8O.2Au.N3.H2/c2*1-4-10-16(11-5-1)19(17-12-6-2-7-13-17)18-14-8-3-9-15-18;17-11(18)10(8-4-2-1-3-5-8)14-12(19)20-7-9-6-13-16-15-9;1-2-8-17-12(16)13-10(11(14)15)9-6-4-3-5-7-9;1-2-4-5-3-1;;;1-3-2;/h2*1-15H;1-5,10H,7H2,(H,14,19)(H,17,18)(H,13,15,16);1,3-7,10H,8H2,(H,13,16)(H,14,15);1-4H2;;;;1H/q;;-1;;;2*+1;-1;/t;;2*10-;;;;;/m..11...../s1/i;;;;;;;;1+1. The van der Waals surface area contributed by atoms with E-state index in [0.29, 0.717) is 16.8 Å². The molecule has 0 unspecified atom stereocenters. The number of aliphatic carboxylic acids is 2. The topological polar surface area (TPSA) is 261 Å². The van der Waals surface area contributed by atoms with Crippen molar-refractivity contribution in [1.82, 2.24) is 26.0 Å². The van der Waals surface area contributed by atoms with E-state index in [9.17, 15) is 19.2 Å². The number of carboxylic acid groups (broad SMARTS) is 2. The fourth-order valence-corrected chi connectivity index (χ4v) is 12.2. The van der Waals surface area contributed by atoms with E-state index >= 15 is 0 Å². The first-order chi connectivity index (χ1) is 40.6. The first-order valence-corrected chi connectivity index (χ1v) is 28.4. The van der Waals surface area contributed by atoms with E-state index in [4.69, 9.17) is 37.2 Å². The van der Waals surface area contributed by atoms with Crippen molar-refractivity contribution >= 4 is 71.8 Å². The van der Waals surface area contributed by atoms with Crippen molar-refractivity contribution in [2.75, 3.05) is 19.8 Å². The maximum absolute atomic E-state index is 11.6. The number of aromatic amines is 1. The molecule has 21 heteroatoms. The number of carboxylic acids is 2. The minimum absolute atomic E-state index is 0. The minimum atomic E-state index is -1.18. The van der Waals surface area contributed by atoms with Gasteiger partial charge in [0.1, 0.15) is 6.61 Å². The molecule has 0 bridgehead atoms. The second kappa shape index (κ2) is 42.4. The van der Waals surface area contributed by atoms with Gasteiger partial charge in [-0.15, -0.1) is 11.6 Å². The number of alkyl carbamates (subject to hydrolysis) is 2. The van der Waals surface area contributed by atoms with E-state index in [-0.39, 0.29) is 59.4 Å². The van der Waals surface area contributed by atoms with E-state index in [1.54, 1.807) is 60.7 Å². The molecule has 1 fully saturated rings. The minimum Gasteiger partial charge on any atom is -0.479 e. The van der Waals surface area contributed by atoms with E-state index < -0.39 is 52.1 Å². The molecule has 444 valence electrons. The van der Waals surface area contributed by atoms with Gasteiger partial charge in [0, 0.05) is 14.6 Å². The number of ether oxygens (including phenoxy) is 3. The van der Waals surface area contributed by atoms with Crippen LogP contribution < -0.4 is 42.5 Å². The summed E-state index contributed by atoms with van der Waals surface area (Å²) in [6, 6.07) is 79.0. The second-order valence-corrected chi connectivity index (χ2v) is 21.4. The number of terminal acetylenes is 1. The molecular formula is C64H62Au2N8O9P2. The monoisotopic (exact) mass is 1540 g/mol. The number of aromatic nitrogens is 3. The Morgan fingerprint density at radius 2 is 0.835 bits per heavy atom. The number of hydrogen-bond acceptors (Lipinski definition) is 9. The van der Waals surface area contributed by atoms with Crippen molar-refractivity contribution in [1.29, 1.82) is 0 Å². The molecule has 9 aromatic rings. The molecule has 2 heterocycles. The van der Waals surface area contributed by atoms with Gasteiger partial charge in [0.2, 0.25) is 0 Å². The molecule has 1 aliphatic rings. The number of hydrogen-bond donors (Lipinski definition) is 5. The summed E-state index contributed by atoms with van der Waals surface area (Å²) in [6.45, 7) is 1.67. The van der Waals surface area contributed by atoms with Gasteiger partial charge >= 0.3 is 68.9 Å². The predicted octanol–water partition coefficient (Wildman–Crippen LogP) is 10.6. The third-order valence-corrected chi connectivity index (χ3v) is 16.1. The number of carbonyl (C=O) groups excluding carboxylic acids is 2. The van der Waals surface area contributed by atoms with Crippen LogP contribution in [0.3, 0.4) is 0 Å².